The number of thiazole rings is 1. The number of piperidine rings is 1. The second-order valence-corrected chi connectivity index (χ2v) is 6.95. The van der Waals surface area contributed by atoms with Crippen molar-refractivity contribution in [3.63, 3.8) is 0 Å². The lowest BCUT2D eigenvalue weighted by molar-refractivity contribution is -0.206. The van der Waals surface area contributed by atoms with Gasteiger partial charge in [0.2, 0.25) is 0 Å². The molecule has 1 aromatic rings. The van der Waals surface area contributed by atoms with Gasteiger partial charge < -0.3 is 4.84 Å². The molecule has 0 radical (unpaired) electrons. The van der Waals surface area contributed by atoms with Gasteiger partial charge in [-0.2, -0.15) is 0 Å². The number of nitrogens with zero attached hydrogens (tertiary/aromatic N) is 2. The Bertz CT molecular complexity index is 479. The number of rotatable bonds is 3. The van der Waals surface area contributed by atoms with Crippen molar-refractivity contribution in [3.8, 4) is 0 Å². The molecule has 0 N–H and O–H groups in total. The van der Waals surface area contributed by atoms with E-state index in [4.69, 9.17) is 4.84 Å². The van der Waals surface area contributed by atoms with Crippen LogP contribution in [0.1, 0.15) is 43.4 Å². The molecule has 0 amide bonds. The average molecular weight is 296 g/mol. The molecule has 1 atom stereocenters. The van der Waals surface area contributed by atoms with Gasteiger partial charge in [-0.1, -0.05) is 0 Å². The first-order chi connectivity index (χ1) is 9.38. The number of hydrogen-bond acceptors (Lipinski definition) is 6. The molecule has 0 unspecified atom stereocenters. The summed E-state index contributed by atoms with van der Waals surface area (Å²) in [4.78, 5) is 33.6. The highest BCUT2D eigenvalue weighted by Gasteiger charge is 2.32. The van der Waals surface area contributed by atoms with E-state index in [1.165, 1.54) is 11.3 Å². The number of ketones is 1. The molecule has 5 nitrogen and oxygen atoms in total. The Morgan fingerprint density at radius 1 is 1.45 bits per heavy atom. The van der Waals surface area contributed by atoms with E-state index in [0.29, 0.717) is 18.1 Å². The van der Waals surface area contributed by atoms with E-state index >= 15 is 0 Å². The van der Waals surface area contributed by atoms with E-state index in [1.807, 2.05) is 20.8 Å². The van der Waals surface area contributed by atoms with Crippen LogP contribution in [0.25, 0.3) is 0 Å². The summed E-state index contributed by atoms with van der Waals surface area (Å²) in [6.07, 6.45) is 3.30. The molecule has 20 heavy (non-hydrogen) atoms. The second-order valence-electron chi connectivity index (χ2n) is 6.06. The van der Waals surface area contributed by atoms with Crippen molar-refractivity contribution in [1.29, 1.82) is 0 Å². The second kappa shape index (κ2) is 6.01. The molecular formula is C14H20N2O3S. The van der Waals surface area contributed by atoms with Crippen LogP contribution in [0, 0.1) is 11.3 Å². The van der Waals surface area contributed by atoms with Crippen molar-refractivity contribution in [2.45, 2.75) is 33.6 Å². The molecule has 2 rings (SSSR count). The predicted molar refractivity (Wildman–Crippen MR) is 76.3 cm³/mol. The molecule has 0 spiro atoms. The third-order valence-electron chi connectivity index (χ3n) is 3.22. The Balaban J connectivity index is 1.95. The van der Waals surface area contributed by atoms with Gasteiger partial charge in [0.25, 0.3) is 0 Å². The fourth-order valence-corrected chi connectivity index (χ4v) is 2.67. The largest absolute Gasteiger partial charge is 0.367 e. The Morgan fingerprint density at radius 3 is 2.80 bits per heavy atom. The van der Waals surface area contributed by atoms with Crippen LogP contribution >= 0.6 is 11.3 Å². The highest BCUT2D eigenvalue weighted by Crippen LogP contribution is 2.24. The molecular weight excluding hydrogens is 276 g/mol. The van der Waals surface area contributed by atoms with Gasteiger partial charge in [-0.3, -0.25) is 4.79 Å². The quantitative estimate of drug-likeness (QED) is 0.802. The van der Waals surface area contributed by atoms with Crippen molar-refractivity contribution in [1.82, 2.24) is 10.0 Å². The van der Waals surface area contributed by atoms with E-state index in [0.717, 1.165) is 12.8 Å². The van der Waals surface area contributed by atoms with E-state index in [2.05, 4.69) is 4.98 Å². The van der Waals surface area contributed by atoms with Crippen molar-refractivity contribution < 1.29 is 14.4 Å². The number of carbonyl (C=O) groups is 2. The number of hydroxylamine groups is 2. The lowest BCUT2D eigenvalue weighted by Crippen LogP contribution is -2.42. The van der Waals surface area contributed by atoms with E-state index in [9.17, 15) is 9.59 Å². The minimum atomic E-state index is -0.535. The molecule has 2 heterocycles. The molecule has 1 aliphatic rings. The number of hydrogen-bond donors (Lipinski definition) is 0. The van der Waals surface area contributed by atoms with E-state index in [1.54, 1.807) is 16.6 Å². The van der Waals surface area contributed by atoms with Crippen LogP contribution in [0.3, 0.4) is 0 Å². The van der Waals surface area contributed by atoms with E-state index in [-0.39, 0.29) is 17.7 Å². The maximum absolute atomic E-state index is 12.3. The zero-order valence-corrected chi connectivity index (χ0v) is 12.9. The summed E-state index contributed by atoms with van der Waals surface area (Å²) in [5.41, 5.74) is -0.535. The summed E-state index contributed by atoms with van der Waals surface area (Å²) in [6, 6.07) is 0. The summed E-state index contributed by atoms with van der Waals surface area (Å²) < 4.78 is 0. The zero-order chi connectivity index (χ0) is 14.8. The normalized spacial score (nSPS) is 20.6. The SMILES string of the molecule is CC(C)(C)C(=O)ON1CCC[C@H](C(=O)c2nccs2)C1. The maximum Gasteiger partial charge on any atom is 0.330 e. The molecule has 1 aromatic heterocycles. The van der Waals surface area contributed by atoms with Crippen molar-refractivity contribution in [3.05, 3.63) is 16.6 Å². The third kappa shape index (κ3) is 3.64. The first-order valence-corrected chi connectivity index (χ1v) is 7.67. The molecule has 1 saturated heterocycles. The monoisotopic (exact) mass is 296 g/mol. The van der Waals surface area contributed by atoms with Crippen LogP contribution in [-0.4, -0.2) is 34.9 Å². The summed E-state index contributed by atoms with van der Waals surface area (Å²) in [6.45, 7) is 6.59. The van der Waals surface area contributed by atoms with Crippen molar-refractivity contribution >= 4 is 23.1 Å². The topological polar surface area (TPSA) is 59.5 Å². The van der Waals surface area contributed by atoms with Gasteiger partial charge in [0, 0.05) is 30.6 Å². The van der Waals surface area contributed by atoms with Gasteiger partial charge in [0.15, 0.2) is 10.8 Å². The van der Waals surface area contributed by atoms with Crippen LogP contribution in [-0.2, 0) is 9.63 Å². The number of carbonyl (C=O) groups excluding carboxylic acids is 2. The lowest BCUT2D eigenvalue weighted by atomic mass is 9.95. The van der Waals surface area contributed by atoms with Gasteiger partial charge in [-0.05, 0) is 33.6 Å². The third-order valence-corrected chi connectivity index (χ3v) is 4.01. The highest BCUT2D eigenvalue weighted by atomic mass is 32.1. The van der Waals surface area contributed by atoms with Crippen LogP contribution in [0.4, 0.5) is 0 Å². The Hall–Kier alpha value is -1.27. The van der Waals surface area contributed by atoms with Gasteiger partial charge in [-0.15, -0.1) is 16.4 Å². The van der Waals surface area contributed by atoms with Gasteiger partial charge >= 0.3 is 5.97 Å². The van der Waals surface area contributed by atoms with Crippen LogP contribution in [0.5, 0.6) is 0 Å². The molecule has 1 aliphatic heterocycles. The molecule has 110 valence electrons. The smallest absolute Gasteiger partial charge is 0.330 e. The van der Waals surface area contributed by atoms with Crippen LogP contribution < -0.4 is 0 Å². The van der Waals surface area contributed by atoms with Crippen molar-refractivity contribution in [2.24, 2.45) is 11.3 Å². The number of aromatic nitrogens is 1. The summed E-state index contributed by atoms with van der Waals surface area (Å²) in [5, 5.41) is 3.96. The van der Waals surface area contributed by atoms with E-state index < -0.39 is 5.41 Å². The molecule has 0 bridgehead atoms. The average Bonchev–Trinajstić information content (AvgIpc) is 2.91. The standard InChI is InChI=1S/C14H20N2O3S/c1-14(2,3)13(18)19-16-7-4-5-10(9-16)11(17)12-15-6-8-20-12/h6,8,10H,4-5,7,9H2,1-3H3/t10-/m0/s1. The Morgan fingerprint density at radius 2 is 2.20 bits per heavy atom. The maximum atomic E-state index is 12.3. The molecule has 1 fully saturated rings. The zero-order valence-electron chi connectivity index (χ0n) is 12.1. The predicted octanol–water partition coefficient (Wildman–Crippen LogP) is 2.54. The highest BCUT2D eigenvalue weighted by molar-refractivity contribution is 7.11. The van der Waals surface area contributed by atoms with Gasteiger partial charge in [-0.25, -0.2) is 9.78 Å². The minimum Gasteiger partial charge on any atom is -0.367 e. The first kappa shape index (κ1) is 15.1. The van der Waals surface area contributed by atoms with Gasteiger partial charge in [0.05, 0.1) is 5.41 Å². The number of Topliss-reactive ketones (excluding diaryl/α,β-unsaturated/α-hetero) is 1. The molecule has 0 saturated carbocycles. The Kier molecular flexibility index (Phi) is 4.55. The first-order valence-electron chi connectivity index (χ1n) is 6.79. The summed E-state index contributed by atoms with van der Waals surface area (Å²) in [7, 11) is 0. The fraction of sp³-hybridized carbons (Fsp3) is 0.643. The summed E-state index contributed by atoms with van der Waals surface area (Å²) in [5.74, 6) is -0.348. The van der Waals surface area contributed by atoms with Crippen LogP contribution in [0.2, 0.25) is 0 Å². The minimum absolute atomic E-state index is 0.0523. The molecule has 0 aliphatic carbocycles. The molecule has 6 heteroatoms. The Labute approximate surface area is 122 Å². The summed E-state index contributed by atoms with van der Waals surface area (Å²) >= 11 is 1.36. The van der Waals surface area contributed by atoms with Crippen molar-refractivity contribution in [2.75, 3.05) is 13.1 Å². The van der Waals surface area contributed by atoms with Crippen LogP contribution in [0.15, 0.2) is 11.6 Å². The fourth-order valence-electron chi connectivity index (χ4n) is 2.01. The lowest BCUT2D eigenvalue weighted by Gasteiger charge is -2.31. The van der Waals surface area contributed by atoms with Gasteiger partial charge in [0.1, 0.15) is 0 Å². The molecule has 0 aromatic carbocycles.